The van der Waals surface area contributed by atoms with Crippen molar-refractivity contribution in [1.82, 2.24) is 5.32 Å². The minimum atomic E-state index is -4.60. The third kappa shape index (κ3) is 4.14. The molecule has 31 heavy (non-hydrogen) atoms. The summed E-state index contributed by atoms with van der Waals surface area (Å²) < 4.78 is 45.2. The van der Waals surface area contributed by atoms with Crippen molar-refractivity contribution in [3.8, 4) is 11.1 Å². The standard InChI is InChI=1S/C24H20F3NO3/c25-24(26,27)21-12-6-5-11-19(21)22(13-29)28-23(30)31-14-20-17-9-3-1-7-15(17)16-8-2-4-10-18(16)20/h1-12,20,22,29H,13-14H2,(H,28,30). The van der Waals surface area contributed by atoms with Crippen LogP contribution in [0.3, 0.4) is 0 Å². The lowest BCUT2D eigenvalue weighted by Crippen LogP contribution is -2.33. The molecular weight excluding hydrogens is 407 g/mol. The zero-order chi connectivity index (χ0) is 22.0. The van der Waals surface area contributed by atoms with Gasteiger partial charge in [0.2, 0.25) is 0 Å². The largest absolute Gasteiger partial charge is 0.449 e. The van der Waals surface area contributed by atoms with E-state index in [4.69, 9.17) is 4.74 Å². The Morgan fingerprint density at radius 2 is 1.48 bits per heavy atom. The number of carbonyl (C=O) groups is 1. The molecule has 0 aromatic heterocycles. The Balaban J connectivity index is 1.49. The number of benzene rings is 3. The molecule has 1 atom stereocenters. The van der Waals surface area contributed by atoms with E-state index >= 15 is 0 Å². The predicted octanol–water partition coefficient (Wildman–Crippen LogP) is 5.28. The van der Waals surface area contributed by atoms with E-state index in [-0.39, 0.29) is 18.1 Å². The van der Waals surface area contributed by atoms with Crippen molar-refractivity contribution in [2.75, 3.05) is 13.2 Å². The maximum Gasteiger partial charge on any atom is 0.416 e. The van der Waals surface area contributed by atoms with Crippen LogP contribution in [0.25, 0.3) is 11.1 Å². The van der Waals surface area contributed by atoms with E-state index < -0.39 is 30.5 Å². The summed E-state index contributed by atoms with van der Waals surface area (Å²) >= 11 is 0. The fourth-order valence-corrected chi connectivity index (χ4v) is 4.06. The molecule has 3 aromatic rings. The van der Waals surface area contributed by atoms with Crippen LogP contribution in [0.5, 0.6) is 0 Å². The van der Waals surface area contributed by atoms with Gasteiger partial charge in [0.15, 0.2) is 0 Å². The number of alkyl carbamates (subject to hydrolysis) is 1. The molecule has 1 aliphatic rings. The molecule has 160 valence electrons. The van der Waals surface area contributed by atoms with Crippen LogP contribution in [0.2, 0.25) is 0 Å². The highest BCUT2D eigenvalue weighted by Gasteiger charge is 2.35. The minimum absolute atomic E-state index is 0.0267. The molecule has 0 radical (unpaired) electrons. The molecule has 4 rings (SSSR count). The molecule has 0 heterocycles. The van der Waals surface area contributed by atoms with E-state index in [1.807, 2.05) is 48.5 Å². The van der Waals surface area contributed by atoms with Crippen LogP contribution in [0.1, 0.15) is 34.2 Å². The first-order chi connectivity index (χ1) is 14.9. The summed E-state index contributed by atoms with van der Waals surface area (Å²) in [7, 11) is 0. The molecule has 0 fully saturated rings. The number of aliphatic hydroxyl groups excluding tert-OH is 1. The van der Waals surface area contributed by atoms with Crippen LogP contribution < -0.4 is 5.32 Å². The molecule has 0 saturated heterocycles. The van der Waals surface area contributed by atoms with Crippen LogP contribution in [0, 0.1) is 0 Å². The second-order valence-corrected chi connectivity index (χ2v) is 7.29. The molecule has 3 aromatic carbocycles. The maximum absolute atomic E-state index is 13.3. The fraction of sp³-hybridized carbons (Fsp3) is 0.208. The van der Waals surface area contributed by atoms with Gasteiger partial charge in [-0.1, -0.05) is 66.7 Å². The molecule has 4 nitrogen and oxygen atoms in total. The second kappa shape index (κ2) is 8.43. The van der Waals surface area contributed by atoms with Gasteiger partial charge in [-0.05, 0) is 33.9 Å². The smallest absolute Gasteiger partial charge is 0.416 e. The number of amides is 1. The topological polar surface area (TPSA) is 58.6 Å². The van der Waals surface area contributed by atoms with E-state index in [0.29, 0.717) is 0 Å². The summed E-state index contributed by atoms with van der Waals surface area (Å²) in [5.74, 6) is -0.173. The first-order valence-electron chi connectivity index (χ1n) is 9.78. The van der Waals surface area contributed by atoms with Gasteiger partial charge in [-0.25, -0.2) is 4.79 Å². The van der Waals surface area contributed by atoms with Gasteiger partial charge in [0.1, 0.15) is 6.61 Å². The summed E-state index contributed by atoms with van der Waals surface area (Å²) in [6, 6.07) is 19.2. The lowest BCUT2D eigenvalue weighted by atomic mass is 9.98. The Labute approximate surface area is 177 Å². The van der Waals surface area contributed by atoms with E-state index in [1.165, 1.54) is 18.2 Å². The predicted molar refractivity (Wildman–Crippen MR) is 109 cm³/mol. The Bertz CT molecular complexity index is 1050. The third-order valence-corrected chi connectivity index (χ3v) is 5.46. The number of rotatable bonds is 5. The summed E-state index contributed by atoms with van der Waals surface area (Å²) in [6.07, 6.45) is -5.50. The monoisotopic (exact) mass is 427 g/mol. The van der Waals surface area contributed by atoms with E-state index in [0.717, 1.165) is 28.3 Å². The van der Waals surface area contributed by atoms with Crippen LogP contribution in [-0.4, -0.2) is 24.4 Å². The highest BCUT2D eigenvalue weighted by atomic mass is 19.4. The Morgan fingerprint density at radius 3 is 2.06 bits per heavy atom. The van der Waals surface area contributed by atoms with Crippen molar-refractivity contribution >= 4 is 6.09 Å². The second-order valence-electron chi connectivity index (χ2n) is 7.29. The normalized spacial score (nSPS) is 13.9. The minimum Gasteiger partial charge on any atom is -0.449 e. The van der Waals surface area contributed by atoms with Crippen molar-refractivity contribution in [2.45, 2.75) is 18.1 Å². The van der Waals surface area contributed by atoms with Gasteiger partial charge >= 0.3 is 12.3 Å². The van der Waals surface area contributed by atoms with Crippen molar-refractivity contribution in [3.63, 3.8) is 0 Å². The highest BCUT2D eigenvalue weighted by Crippen LogP contribution is 2.44. The number of nitrogens with one attached hydrogen (secondary N) is 1. The Morgan fingerprint density at radius 1 is 0.935 bits per heavy atom. The molecule has 7 heteroatoms. The van der Waals surface area contributed by atoms with Gasteiger partial charge in [0, 0.05) is 5.92 Å². The first-order valence-corrected chi connectivity index (χ1v) is 9.78. The van der Waals surface area contributed by atoms with E-state index in [9.17, 15) is 23.1 Å². The maximum atomic E-state index is 13.3. The van der Waals surface area contributed by atoms with Crippen LogP contribution in [0.15, 0.2) is 72.8 Å². The first kappa shape index (κ1) is 20.9. The molecule has 1 amide bonds. The quantitative estimate of drug-likeness (QED) is 0.583. The zero-order valence-corrected chi connectivity index (χ0v) is 16.4. The van der Waals surface area contributed by atoms with E-state index in [1.54, 1.807) is 0 Å². The summed E-state index contributed by atoms with van der Waals surface area (Å²) in [6.45, 7) is -0.670. The molecule has 2 N–H and O–H groups in total. The summed E-state index contributed by atoms with van der Waals surface area (Å²) in [4.78, 5) is 12.4. The van der Waals surface area contributed by atoms with Gasteiger partial charge in [-0.15, -0.1) is 0 Å². The van der Waals surface area contributed by atoms with Gasteiger partial charge < -0.3 is 15.2 Å². The van der Waals surface area contributed by atoms with Gasteiger partial charge in [0.05, 0.1) is 18.2 Å². The number of aliphatic hydroxyl groups is 1. The zero-order valence-electron chi connectivity index (χ0n) is 16.4. The number of fused-ring (bicyclic) bond motifs is 3. The Hall–Kier alpha value is -3.32. The fourth-order valence-electron chi connectivity index (χ4n) is 4.06. The number of halogens is 3. The lowest BCUT2D eigenvalue weighted by molar-refractivity contribution is -0.138. The molecular formula is C24H20F3NO3. The van der Waals surface area contributed by atoms with E-state index in [2.05, 4.69) is 5.32 Å². The lowest BCUT2D eigenvalue weighted by Gasteiger charge is -2.21. The van der Waals surface area contributed by atoms with Crippen LogP contribution in [-0.2, 0) is 10.9 Å². The number of alkyl halides is 3. The summed E-state index contributed by atoms with van der Waals surface area (Å²) in [5, 5.41) is 12.0. The number of hydrogen-bond donors (Lipinski definition) is 2. The third-order valence-electron chi connectivity index (χ3n) is 5.46. The molecule has 0 aliphatic heterocycles. The van der Waals surface area contributed by atoms with Gasteiger partial charge in [-0.2, -0.15) is 13.2 Å². The molecule has 0 spiro atoms. The van der Waals surface area contributed by atoms with Crippen LogP contribution in [0.4, 0.5) is 18.0 Å². The average molecular weight is 427 g/mol. The van der Waals surface area contributed by atoms with Crippen molar-refractivity contribution in [3.05, 3.63) is 95.1 Å². The summed E-state index contributed by atoms with van der Waals surface area (Å²) in [5.41, 5.74) is 3.06. The number of carbonyl (C=O) groups excluding carboxylic acids is 1. The SMILES string of the molecule is O=C(NC(CO)c1ccccc1C(F)(F)F)OCC1c2ccccc2-c2ccccc21. The van der Waals surface area contributed by atoms with Crippen molar-refractivity contribution < 1.29 is 27.8 Å². The number of ether oxygens (including phenoxy) is 1. The molecule has 1 unspecified atom stereocenters. The van der Waals surface area contributed by atoms with Crippen molar-refractivity contribution in [1.29, 1.82) is 0 Å². The molecule has 0 saturated carbocycles. The van der Waals surface area contributed by atoms with Gasteiger partial charge in [-0.3, -0.25) is 0 Å². The van der Waals surface area contributed by atoms with Gasteiger partial charge in [0.25, 0.3) is 0 Å². The Kier molecular flexibility index (Phi) is 5.69. The highest BCUT2D eigenvalue weighted by molar-refractivity contribution is 5.79. The molecule has 0 bridgehead atoms. The number of hydrogen-bond acceptors (Lipinski definition) is 3. The average Bonchev–Trinajstić information content (AvgIpc) is 3.09. The molecule has 1 aliphatic carbocycles. The van der Waals surface area contributed by atoms with Crippen molar-refractivity contribution in [2.24, 2.45) is 0 Å². The van der Waals surface area contributed by atoms with Crippen LogP contribution >= 0.6 is 0 Å².